The second kappa shape index (κ2) is 9.02. The van der Waals surface area contributed by atoms with Crippen molar-refractivity contribution in [3.63, 3.8) is 0 Å². The van der Waals surface area contributed by atoms with Crippen LogP contribution in [0.3, 0.4) is 0 Å². The molecule has 1 N–H and O–H groups in total. The fraction of sp³-hybridized carbons (Fsp3) is 0.320. The van der Waals surface area contributed by atoms with Gasteiger partial charge in [0.2, 0.25) is 5.91 Å². The largest absolute Gasteiger partial charge is 0.348 e. The van der Waals surface area contributed by atoms with Crippen LogP contribution in [0.25, 0.3) is 22.1 Å². The van der Waals surface area contributed by atoms with E-state index in [1.165, 1.54) is 28.7 Å². The Bertz CT molecular complexity index is 1550. The Hall–Kier alpha value is -3.79. The highest BCUT2D eigenvalue weighted by Crippen LogP contribution is 2.26. The Morgan fingerprint density at radius 1 is 1.19 bits per heavy atom. The van der Waals surface area contributed by atoms with Crippen LogP contribution in [0.15, 0.2) is 47.7 Å². The number of fused-ring (bicyclic) bond motifs is 3. The topological polar surface area (TPSA) is 102 Å². The molecule has 2 amide bonds. The minimum absolute atomic E-state index is 0.0416. The molecule has 9 nitrogen and oxygen atoms in total. The summed E-state index contributed by atoms with van der Waals surface area (Å²) < 4.78 is 17.1. The number of alkyl halides is 1. The number of carbonyl (C=O) groups excluding carboxylic acids is 2. The summed E-state index contributed by atoms with van der Waals surface area (Å²) in [6, 6.07) is 8.48. The predicted molar refractivity (Wildman–Crippen MR) is 134 cm³/mol. The first-order valence-electron chi connectivity index (χ1n) is 11.5. The van der Waals surface area contributed by atoms with E-state index in [4.69, 9.17) is 11.6 Å². The number of carbonyl (C=O) groups is 2. The van der Waals surface area contributed by atoms with E-state index in [1.54, 1.807) is 30.6 Å². The third kappa shape index (κ3) is 4.32. The van der Waals surface area contributed by atoms with Crippen molar-refractivity contribution in [3.8, 4) is 0 Å². The molecule has 11 heteroatoms. The second-order valence-corrected chi connectivity index (χ2v) is 9.62. The number of nitrogens with zero attached hydrogens (tertiary/aromatic N) is 5. The maximum Gasteiger partial charge on any atom is 0.265 e. The number of hydrogen-bond acceptors (Lipinski definition) is 5. The van der Waals surface area contributed by atoms with Gasteiger partial charge in [-0.3, -0.25) is 19.0 Å². The molecule has 3 aromatic heterocycles. The van der Waals surface area contributed by atoms with Crippen molar-refractivity contribution < 1.29 is 14.0 Å². The Morgan fingerprint density at radius 3 is 2.58 bits per heavy atom. The highest BCUT2D eigenvalue weighted by molar-refractivity contribution is 6.30. The fourth-order valence-corrected chi connectivity index (χ4v) is 4.59. The van der Waals surface area contributed by atoms with E-state index in [-0.39, 0.29) is 37.4 Å². The van der Waals surface area contributed by atoms with Crippen LogP contribution in [0.4, 0.5) is 4.39 Å². The van der Waals surface area contributed by atoms with Crippen molar-refractivity contribution >= 4 is 45.5 Å². The zero-order chi connectivity index (χ0) is 25.6. The minimum atomic E-state index is -1.44. The fourth-order valence-electron chi connectivity index (χ4n) is 4.47. The minimum Gasteiger partial charge on any atom is -0.348 e. The maximum atomic E-state index is 14.0. The summed E-state index contributed by atoms with van der Waals surface area (Å²) in [5, 5.41) is 3.86. The number of benzene rings is 1. The highest BCUT2D eigenvalue weighted by Gasteiger charge is 2.41. The quantitative estimate of drug-likeness (QED) is 0.430. The molecule has 4 heterocycles. The molecule has 1 fully saturated rings. The molecule has 0 atom stereocenters. The molecule has 0 bridgehead atoms. The van der Waals surface area contributed by atoms with Crippen LogP contribution in [-0.2, 0) is 24.4 Å². The summed E-state index contributed by atoms with van der Waals surface area (Å²) in [6.45, 7) is 3.72. The van der Waals surface area contributed by atoms with Crippen LogP contribution >= 0.6 is 11.6 Å². The Morgan fingerprint density at radius 2 is 1.92 bits per heavy atom. The summed E-state index contributed by atoms with van der Waals surface area (Å²) in [5.41, 5.74) is 0.159. The molecule has 0 radical (unpaired) electrons. The van der Waals surface area contributed by atoms with Gasteiger partial charge in [-0.15, -0.1) is 0 Å². The van der Waals surface area contributed by atoms with Crippen LogP contribution in [-0.4, -0.2) is 54.6 Å². The summed E-state index contributed by atoms with van der Waals surface area (Å²) >= 11 is 5.92. The third-order valence-corrected chi connectivity index (χ3v) is 6.58. The zero-order valence-electron chi connectivity index (χ0n) is 19.8. The third-order valence-electron chi connectivity index (χ3n) is 6.33. The summed E-state index contributed by atoms with van der Waals surface area (Å²) in [7, 11) is 0. The zero-order valence-corrected chi connectivity index (χ0v) is 20.5. The maximum absolute atomic E-state index is 14.0. The number of imidazole rings is 1. The van der Waals surface area contributed by atoms with Gasteiger partial charge in [0.1, 0.15) is 28.9 Å². The van der Waals surface area contributed by atoms with Gasteiger partial charge in [-0.05, 0) is 37.6 Å². The molecule has 0 saturated carbocycles. The van der Waals surface area contributed by atoms with Crippen LogP contribution in [0.2, 0.25) is 5.02 Å². The van der Waals surface area contributed by atoms with E-state index in [2.05, 4.69) is 15.3 Å². The van der Waals surface area contributed by atoms with Crippen LogP contribution in [0.5, 0.6) is 0 Å². The van der Waals surface area contributed by atoms with Gasteiger partial charge in [0, 0.05) is 23.5 Å². The standard InChI is InChI=1S/C25H24ClFN6O3/c1-3-31-14-30-19-10-28-22-17(21(19)31)8-18(23(35)29-9-15-4-6-16(26)7-5-15)24(36)33(22)11-20(34)32-12-25(2,27)13-32/h4-8,10,14H,3,9,11-13H2,1-2H3,(H,29,35). The molecule has 0 spiro atoms. The van der Waals surface area contributed by atoms with Crippen molar-refractivity contribution in [1.29, 1.82) is 0 Å². The van der Waals surface area contributed by atoms with E-state index in [9.17, 15) is 18.8 Å². The van der Waals surface area contributed by atoms with Crippen molar-refractivity contribution in [1.82, 2.24) is 29.3 Å². The number of pyridine rings is 2. The average Bonchev–Trinajstić information content (AvgIpc) is 3.27. The van der Waals surface area contributed by atoms with E-state index in [1.807, 2.05) is 11.5 Å². The number of amides is 2. The van der Waals surface area contributed by atoms with Crippen molar-refractivity contribution in [3.05, 3.63) is 69.4 Å². The smallest absolute Gasteiger partial charge is 0.265 e. The summed E-state index contributed by atoms with van der Waals surface area (Å²) in [6.07, 6.45) is 3.20. The number of hydrogen-bond donors (Lipinski definition) is 1. The van der Waals surface area contributed by atoms with E-state index < -0.39 is 23.0 Å². The molecule has 5 rings (SSSR count). The second-order valence-electron chi connectivity index (χ2n) is 9.18. The molecule has 36 heavy (non-hydrogen) atoms. The van der Waals surface area contributed by atoms with Crippen molar-refractivity contribution in [2.24, 2.45) is 0 Å². The number of aryl methyl sites for hydroxylation is 1. The molecule has 1 aromatic carbocycles. The monoisotopic (exact) mass is 510 g/mol. The molecule has 0 aliphatic carbocycles. The Kier molecular flexibility index (Phi) is 5.99. The molecule has 1 aliphatic heterocycles. The van der Waals surface area contributed by atoms with Gasteiger partial charge in [0.05, 0.1) is 31.1 Å². The SMILES string of the molecule is CCn1cnc2cnc3c(cc(C(=O)NCc4ccc(Cl)cc4)c(=O)n3CC(=O)N3CC(C)(F)C3)c21. The molecule has 1 saturated heterocycles. The van der Waals surface area contributed by atoms with Crippen molar-refractivity contribution in [2.45, 2.75) is 39.2 Å². The molecule has 186 valence electrons. The first kappa shape index (κ1) is 23.9. The Balaban J connectivity index is 1.57. The summed E-state index contributed by atoms with van der Waals surface area (Å²) in [4.78, 5) is 49.6. The van der Waals surface area contributed by atoms with Gasteiger partial charge in [-0.1, -0.05) is 23.7 Å². The van der Waals surface area contributed by atoms with E-state index in [0.717, 1.165) is 5.56 Å². The normalized spacial score (nSPS) is 14.7. The van der Waals surface area contributed by atoms with Gasteiger partial charge in [-0.2, -0.15) is 0 Å². The van der Waals surface area contributed by atoms with Crippen LogP contribution in [0.1, 0.15) is 29.8 Å². The lowest BCUT2D eigenvalue weighted by Crippen LogP contribution is -2.60. The molecular weight excluding hydrogens is 487 g/mol. The van der Waals surface area contributed by atoms with E-state index >= 15 is 0 Å². The lowest BCUT2D eigenvalue weighted by Gasteiger charge is -2.42. The van der Waals surface area contributed by atoms with Gasteiger partial charge in [0.15, 0.2) is 0 Å². The average molecular weight is 511 g/mol. The summed E-state index contributed by atoms with van der Waals surface area (Å²) in [5.74, 6) is -1.00. The molecule has 0 unspecified atom stereocenters. The number of halogens is 2. The lowest BCUT2D eigenvalue weighted by atomic mass is 9.99. The van der Waals surface area contributed by atoms with Gasteiger partial charge in [0.25, 0.3) is 11.5 Å². The lowest BCUT2D eigenvalue weighted by molar-refractivity contribution is -0.144. The predicted octanol–water partition coefficient (Wildman–Crippen LogP) is 2.92. The number of nitrogens with one attached hydrogen (secondary N) is 1. The van der Waals surface area contributed by atoms with Gasteiger partial charge >= 0.3 is 0 Å². The van der Waals surface area contributed by atoms with Crippen molar-refractivity contribution in [2.75, 3.05) is 13.1 Å². The number of rotatable bonds is 6. The van der Waals surface area contributed by atoms with E-state index in [0.29, 0.717) is 28.0 Å². The van der Waals surface area contributed by atoms with Crippen LogP contribution < -0.4 is 10.9 Å². The van der Waals surface area contributed by atoms with Gasteiger partial charge < -0.3 is 14.8 Å². The highest BCUT2D eigenvalue weighted by atomic mass is 35.5. The first-order valence-corrected chi connectivity index (χ1v) is 11.9. The Labute approximate surface area is 210 Å². The molecule has 4 aromatic rings. The number of aromatic nitrogens is 4. The van der Waals surface area contributed by atoms with Crippen LogP contribution in [0, 0.1) is 0 Å². The molecule has 1 aliphatic rings. The van der Waals surface area contributed by atoms with Gasteiger partial charge in [-0.25, -0.2) is 14.4 Å². The number of likely N-dealkylation sites (tertiary alicyclic amines) is 1. The molecular formula is C25H24ClFN6O3. The first-order chi connectivity index (χ1) is 17.2.